The lowest BCUT2D eigenvalue weighted by Crippen LogP contribution is -1.99. The number of hydrogen-bond donors (Lipinski definition) is 0. The number of benzene rings is 1. The molecule has 0 radical (unpaired) electrons. The largest absolute Gasteiger partial charge is 0.481 e. The third kappa shape index (κ3) is 2.70. The number of rotatable bonds is 3. The molecule has 1 aromatic heterocycles. The molecule has 0 aliphatic rings. The number of halogens is 1. The van der Waals surface area contributed by atoms with Gasteiger partial charge in [-0.25, -0.2) is 4.98 Å². The van der Waals surface area contributed by atoms with Crippen LogP contribution in [0.25, 0.3) is 0 Å². The van der Waals surface area contributed by atoms with Crippen LogP contribution in [0.3, 0.4) is 0 Å². The van der Waals surface area contributed by atoms with E-state index in [0.717, 1.165) is 5.56 Å². The number of hydrogen-bond acceptors (Lipinski definition) is 3. The Bertz CT molecular complexity index is 474. The standard InChI is InChI=1S/C12H11ClN2O/c1-16-12-8-10(13)14-11(15-12)7-9-5-3-2-4-6-9/h2-6,8H,7H2,1H3. The van der Waals surface area contributed by atoms with Crippen molar-refractivity contribution in [2.24, 2.45) is 0 Å². The highest BCUT2D eigenvalue weighted by Crippen LogP contribution is 2.15. The molecule has 0 atom stereocenters. The Labute approximate surface area is 99.1 Å². The van der Waals surface area contributed by atoms with Crippen LogP contribution >= 0.6 is 11.6 Å². The first kappa shape index (κ1) is 10.9. The second-order valence-corrected chi connectivity index (χ2v) is 3.70. The molecular weight excluding hydrogens is 224 g/mol. The summed E-state index contributed by atoms with van der Waals surface area (Å²) in [6.45, 7) is 0. The second kappa shape index (κ2) is 4.94. The Hall–Kier alpha value is -1.61. The van der Waals surface area contributed by atoms with Crippen LogP contribution in [0.5, 0.6) is 5.88 Å². The van der Waals surface area contributed by atoms with E-state index in [0.29, 0.717) is 23.3 Å². The summed E-state index contributed by atoms with van der Waals surface area (Å²) in [5.41, 5.74) is 1.15. The van der Waals surface area contributed by atoms with Gasteiger partial charge in [0.25, 0.3) is 0 Å². The Morgan fingerprint density at radius 2 is 1.94 bits per heavy atom. The number of methoxy groups -OCH3 is 1. The van der Waals surface area contributed by atoms with Gasteiger partial charge in [0.2, 0.25) is 5.88 Å². The minimum Gasteiger partial charge on any atom is -0.481 e. The molecule has 1 aromatic carbocycles. The van der Waals surface area contributed by atoms with Gasteiger partial charge in [0.15, 0.2) is 0 Å². The Kier molecular flexibility index (Phi) is 3.37. The predicted molar refractivity (Wildman–Crippen MR) is 62.8 cm³/mol. The lowest BCUT2D eigenvalue weighted by Gasteiger charge is -2.03. The van der Waals surface area contributed by atoms with E-state index in [4.69, 9.17) is 16.3 Å². The van der Waals surface area contributed by atoms with E-state index in [1.165, 1.54) is 0 Å². The van der Waals surface area contributed by atoms with E-state index in [1.54, 1.807) is 13.2 Å². The fourth-order valence-corrected chi connectivity index (χ4v) is 1.59. The van der Waals surface area contributed by atoms with Gasteiger partial charge in [0, 0.05) is 12.5 Å². The van der Waals surface area contributed by atoms with Gasteiger partial charge in [0.1, 0.15) is 11.0 Å². The summed E-state index contributed by atoms with van der Waals surface area (Å²) in [6, 6.07) is 11.6. The molecule has 0 amide bonds. The van der Waals surface area contributed by atoms with Crippen LogP contribution in [0, 0.1) is 0 Å². The predicted octanol–water partition coefficient (Wildman–Crippen LogP) is 2.73. The second-order valence-electron chi connectivity index (χ2n) is 3.31. The van der Waals surface area contributed by atoms with Crippen molar-refractivity contribution in [3.05, 3.63) is 52.9 Å². The summed E-state index contributed by atoms with van der Waals surface area (Å²) in [5, 5.41) is 0.401. The van der Waals surface area contributed by atoms with E-state index in [2.05, 4.69) is 9.97 Å². The first-order chi connectivity index (χ1) is 7.78. The topological polar surface area (TPSA) is 35.0 Å². The molecular formula is C12H11ClN2O. The SMILES string of the molecule is COc1cc(Cl)nc(Cc2ccccc2)n1. The van der Waals surface area contributed by atoms with Crippen molar-refractivity contribution in [1.82, 2.24) is 9.97 Å². The molecule has 0 saturated carbocycles. The summed E-state index contributed by atoms with van der Waals surface area (Å²) in [6.07, 6.45) is 0.651. The van der Waals surface area contributed by atoms with Crippen LogP contribution in [0.1, 0.15) is 11.4 Å². The first-order valence-electron chi connectivity index (χ1n) is 4.89. The highest BCUT2D eigenvalue weighted by Gasteiger charge is 2.04. The monoisotopic (exact) mass is 234 g/mol. The Morgan fingerprint density at radius 1 is 1.19 bits per heavy atom. The molecule has 0 unspecified atom stereocenters. The zero-order valence-electron chi connectivity index (χ0n) is 8.85. The fourth-order valence-electron chi connectivity index (χ4n) is 1.40. The van der Waals surface area contributed by atoms with Crippen molar-refractivity contribution in [3.8, 4) is 5.88 Å². The van der Waals surface area contributed by atoms with Gasteiger partial charge in [-0.05, 0) is 5.56 Å². The van der Waals surface area contributed by atoms with E-state index in [-0.39, 0.29) is 0 Å². The Morgan fingerprint density at radius 3 is 2.62 bits per heavy atom. The van der Waals surface area contributed by atoms with Crippen molar-refractivity contribution < 1.29 is 4.74 Å². The lowest BCUT2D eigenvalue weighted by atomic mass is 10.1. The molecule has 0 spiro atoms. The quantitative estimate of drug-likeness (QED) is 0.766. The third-order valence-corrected chi connectivity index (χ3v) is 2.33. The summed E-state index contributed by atoms with van der Waals surface area (Å²) < 4.78 is 5.04. The molecule has 0 fully saturated rings. The fraction of sp³-hybridized carbons (Fsp3) is 0.167. The van der Waals surface area contributed by atoms with E-state index >= 15 is 0 Å². The summed E-state index contributed by atoms with van der Waals surface area (Å²) in [7, 11) is 1.56. The summed E-state index contributed by atoms with van der Waals surface area (Å²) in [5.74, 6) is 1.15. The highest BCUT2D eigenvalue weighted by molar-refractivity contribution is 6.29. The maximum Gasteiger partial charge on any atom is 0.217 e. The maximum absolute atomic E-state index is 5.86. The molecule has 0 N–H and O–H groups in total. The molecule has 4 heteroatoms. The van der Waals surface area contributed by atoms with Gasteiger partial charge >= 0.3 is 0 Å². The molecule has 0 aliphatic heterocycles. The zero-order chi connectivity index (χ0) is 11.4. The van der Waals surface area contributed by atoms with Crippen LogP contribution in [0.15, 0.2) is 36.4 Å². The highest BCUT2D eigenvalue weighted by atomic mass is 35.5. The number of aromatic nitrogens is 2. The van der Waals surface area contributed by atoms with E-state index < -0.39 is 0 Å². The minimum atomic E-state index is 0.401. The summed E-state index contributed by atoms with van der Waals surface area (Å²) in [4.78, 5) is 8.38. The smallest absolute Gasteiger partial charge is 0.217 e. The van der Waals surface area contributed by atoms with Gasteiger partial charge in [-0.15, -0.1) is 0 Å². The zero-order valence-corrected chi connectivity index (χ0v) is 9.61. The van der Waals surface area contributed by atoms with Crippen LogP contribution in [-0.4, -0.2) is 17.1 Å². The average Bonchev–Trinajstić information content (AvgIpc) is 2.29. The van der Waals surface area contributed by atoms with E-state index in [1.807, 2.05) is 30.3 Å². The van der Waals surface area contributed by atoms with E-state index in [9.17, 15) is 0 Å². The number of ether oxygens (including phenoxy) is 1. The molecule has 2 aromatic rings. The van der Waals surface area contributed by atoms with Gasteiger partial charge in [0.05, 0.1) is 7.11 Å². The van der Waals surface area contributed by atoms with Crippen molar-refractivity contribution >= 4 is 11.6 Å². The molecule has 0 saturated heterocycles. The van der Waals surface area contributed by atoms with Gasteiger partial charge in [-0.3, -0.25) is 0 Å². The van der Waals surface area contributed by atoms with Crippen LogP contribution in [0.4, 0.5) is 0 Å². The van der Waals surface area contributed by atoms with Crippen molar-refractivity contribution in [3.63, 3.8) is 0 Å². The van der Waals surface area contributed by atoms with Crippen LogP contribution in [0.2, 0.25) is 5.15 Å². The molecule has 16 heavy (non-hydrogen) atoms. The molecule has 3 nitrogen and oxygen atoms in total. The first-order valence-corrected chi connectivity index (χ1v) is 5.27. The number of nitrogens with zero attached hydrogens (tertiary/aromatic N) is 2. The average molecular weight is 235 g/mol. The lowest BCUT2D eigenvalue weighted by molar-refractivity contribution is 0.395. The normalized spacial score (nSPS) is 10.1. The molecule has 2 rings (SSSR count). The van der Waals surface area contributed by atoms with Crippen molar-refractivity contribution in [1.29, 1.82) is 0 Å². The molecule has 0 aliphatic carbocycles. The van der Waals surface area contributed by atoms with Gasteiger partial charge < -0.3 is 4.74 Å². The molecule has 1 heterocycles. The summed E-state index contributed by atoms with van der Waals surface area (Å²) >= 11 is 5.86. The van der Waals surface area contributed by atoms with Crippen molar-refractivity contribution in [2.45, 2.75) is 6.42 Å². The van der Waals surface area contributed by atoms with Crippen LogP contribution in [-0.2, 0) is 6.42 Å². The van der Waals surface area contributed by atoms with Crippen molar-refractivity contribution in [2.75, 3.05) is 7.11 Å². The molecule has 82 valence electrons. The molecule has 0 bridgehead atoms. The van der Waals surface area contributed by atoms with Gasteiger partial charge in [-0.1, -0.05) is 41.9 Å². The van der Waals surface area contributed by atoms with Gasteiger partial charge in [-0.2, -0.15) is 4.98 Å². The minimum absolute atomic E-state index is 0.401. The third-order valence-electron chi connectivity index (χ3n) is 2.13. The maximum atomic E-state index is 5.86. The Balaban J connectivity index is 2.24. The van der Waals surface area contributed by atoms with Crippen LogP contribution < -0.4 is 4.74 Å².